The lowest BCUT2D eigenvalue weighted by atomic mass is 10.2. The SMILES string of the molecule is CC(C)(C)OC(=O)N1CCN(C(=O)OCc2ccccc2)C2CC21. The summed E-state index contributed by atoms with van der Waals surface area (Å²) in [7, 11) is 0. The van der Waals surface area contributed by atoms with Gasteiger partial charge in [0, 0.05) is 13.1 Å². The number of fused-ring (bicyclic) bond motifs is 1. The molecule has 6 nitrogen and oxygen atoms in total. The number of hydrogen-bond acceptors (Lipinski definition) is 4. The van der Waals surface area contributed by atoms with E-state index in [-0.39, 0.29) is 30.9 Å². The van der Waals surface area contributed by atoms with Crippen LogP contribution in [0.5, 0.6) is 0 Å². The van der Waals surface area contributed by atoms with Crippen molar-refractivity contribution >= 4 is 12.2 Å². The van der Waals surface area contributed by atoms with E-state index in [4.69, 9.17) is 9.47 Å². The van der Waals surface area contributed by atoms with Gasteiger partial charge in [-0.15, -0.1) is 0 Å². The van der Waals surface area contributed by atoms with E-state index in [9.17, 15) is 9.59 Å². The Kier molecular flexibility index (Phi) is 4.39. The Balaban J connectivity index is 1.51. The van der Waals surface area contributed by atoms with Crippen LogP contribution in [-0.4, -0.2) is 52.8 Å². The fourth-order valence-corrected chi connectivity index (χ4v) is 2.96. The second kappa shape index (κ2) is 6.34. The van der Waals surface area contributed by atoms with Gasteiger partial charge in [-0.3, -0.25) is 0 Å². The number of benzene rings is 1. The molecule has 1 aliphatic heterocycles. The van der Waals surface area contributed by atoms with E-state index in [1.165, 1.54) is 0 Å². The fraction of sp³-hybridized carbons (Fsp3) is 0.556. The lowest BCUT2D eigenvalue weighted by Crippen LogP contribution is -2.51. The molecule has 2 atom stereocenters. The molecule has 130 valence electrons. The smallest absolute Gasteiger partial charge is 0.410 e. The molecule has 0 spiro atoms. The van der Waals surface area contributed by atoms with Crippen LogP contribution in [0.25, 0.3) is 0 Å². The van der Waals surface area contributed by atoms with Gasteiger partial charge >= 0.3 is 12.2 Å². The van der Waals surface area contributed by atoms with Crippen LogP contribution >= 0.6 is 0 Å². The minimum Gasteiger partial charge on any atom is -0.445 e. The van der Waals surface area contributed by atoms with Crippen molar-refractivity contribution in [2.24, 2.45) is 0 Å². The van der Waals surface area contributed by atoms with Crippen molar-refractivity contribution in [1.82, 2.24) is 9.80 Å². The molecular formula is C18H24N2O4. The maximum atomic E-state index is 12.3. The number of hydrogen-bond donors (Lipinski definition) is 0. The summed E-state index contributed by atoms with van der Waals surface area (Å²) in [5, 5.41) is 0. The van der Waals surface area contributed by atoms with Crippen molar-refractivity contribution < 1.29 is 19.1 Å². The molecule has 0 N–H and O–H groups in total. The zero-order valence-corrected chi connectivity index (χ0v) is 14.4. The molecule has 24 heavy (non-hydrogen) atoms. The van der Waals surface area contributed by atoms with Crippen LogP contribution < -0.4 is 0 Å². The Hall–Kier alpha value is -2.24. The van der Waals surface area contributed by atoms with Gasteiger partial charge in [0.05, 0.1) is 12.1 Å². The summed E-state index contributed by atoms with van der Waals surface area (Å²) in [6.45, 7) is 6.79. The van der Waals surface area contributed by atoms with E-state index in [0.717, 1.165) is 12.0 Å². The van der Waals surface area contributed by atoms with Crippen molar-refractivity contribution in [3.8, 4) is 0 Å². The zero-order chi connectivity index (χ0) is 17.3. The Morgan fingerprint density at radius 2 is 1.62 bits per heavy atom. The second-order valence-electron chi connectivity index (χ2n) is 7.28. The van der Waals surface area contributed by atoms with Crippen molar-refractivity contribution in [3.63, 3.8) is 0 Å². The molecule has 2 aliphatic rings. The minimum absolute atomic E-state index is 0.0505. The molecule has 2 fully saturated rings. The van der Waals surface area contributed by atoms with Crippen molar-refractivity contribution in [3.05, 3.63) is 35.9 Å². The van der Waals surface area contributed by atoms with Gasteiger partial charge in [-0.05, 0) is 32.8 Å². The molecule has 0 radical (unpaired) electrons. The average Bonchev–Trinajstić information content (AvgIpc) is 3.31. The van der Waals surface area contributed by atoms with E-state index in [1.54, 1.807) is 9.80 Å². The second-order valence-corrected chi connectivity index (χ2v) is 7.28. The summed E-state index contributed by atoms with van der Waals surface area (Å²) in [6, 6.07) is 9.71. The molecule has 0 bridgehead atoms. The molecule has 1 aromatic rings. The highest BCUT2D eigenvalue weighted by Crippen LogP contribution is 2.37. The minimum atomic E-state index is -0.507. The lowest BCUT2D eigenvalue weighted by molar-refractivity contribution is 0.0112. The van der Waals surface area contributed by atoms with Crippen LogP contribution in [0, 0.1) is 0 Å². The lowest BCUT2D eigenvalue weighted by Gasteiger charge is -2.34. The van der Waals surface area contributed by atoms with Crippen LogP contribution in [-0.2, 0) is 16.1 Å². The van der Waals surface area contributed by atoms with Gasteiger partial charge in [0.15, 0.2) is 0 Å². The third-order valence-electron chi connectivity index (χ3n) is 4.17. The highest BCUT2D eigenvalue weighted by atomic mass is 16.6. The molecule has 1 saturated heterocycles. The van der Waals surface area contributed by atoms with E-state index in [2.05, 4.69) is 0 Å². The third kappa shape index (κ3) is 3.80. The molecule has 2 unspecified atom stereocenters. The molecule has 2 amide bonds. The monoisotopic (exact) mass is 332 g/mol. The molecule has 1 heterocycles. The van der Waals surface area contributed by atoms with Gasteiger partial charge < -0.3 is 19.3 Å². The maximum Gasteiger partial charge on any atom is 0.410 e. The van der Waals surface area contributed by atoms with Crippen LogP contribution in [0.3, 0.4) is 0 Å². The number of carbonyl (C=O) groups is 2. The van der Waals surface area contributed by atoms with E-state index >= 15 is 0 Å². The number of nitrogens with zero attached hydrogens (tertiary/aromatic N) is 2. The van der Waals surface area contributed by atoms with Crippen LogP contribution in [0.15, 0.2) is 30.3 Å². The van der Waals surface area contributed by atoms with Gasteiger partial charge in [-0.25, -0.2) is 9.59 Å². The largest absolute Gasteiger partial charge is 0.445 e. The maximum absolute atomic E-state index is 12.3. The Morgan fingerprint density at radius 3 is 2.21 bits per heavy atom. The molecule has 6 heteroatoms. The van der Waals surface area contributed by atoms with Crippen molar-refractivity contribution in [1.29, 1.82) is 0 Å². The Morgan fingerprint density at radius 1 is 1.04 bits per heavy atom. The van der Waals surface area contributed by atoms with E-state index in [1.807, 2.05) is 51.1 Å². The molecular weight excluding hydrogens is 308 g/mol. The first-order valence-corrected chi connectivity index (χ1v) is 8.32. The van der Waals surface area contributed by atoms with Crippen molar-refractivity contribution in [2.45, 2.75) is 51.5 Å². The van der Waals surface area contributed by atoms with Gasteiger partial charge in [0.2, 0.25) is 0 Å². The fourth-order valence-electron chi connectivity index (χ4n) is 2.96. The number of rotatable bonds is 2. The molecule has 1 aliphatic carbocycles. The van der Waals surface area contributed by atoms with Crippen molar-refractivity contribution in [2.75, 3.05) is 13.1 Å². The van der Waals surface area contributed by atoms with Gasteiger partial charge in [0.25, 0.3) is 0 Å². The first kappa shape index (κ1) is 16.6. The summed E-state index contributed by atoms with van der Waals surface area (Å²) in [5.74, 6) is 0. The van der Waals surface area contributed by atoms with Gasteiger partial charge in [0.1, 0.15) is 12.2 Å². The summed E-state index contributed by atoms with van der Waals surface area (Å²) in [4.78, 5) is 28.0. The molecule has 3 rings (SSSR count). The first-order chi connectivity index (χ1) is 11.3. The van der Waals surface area contributed by atoms with Crippen LogP contribution in [0.4, 0.5) is 9.59 Å². The molecule has 0 aromatic heterocycles. The predicted octanol–water partition coefficient (Wildman–Crippen LogP) is 3.02. The van der Waals surface area contributed by atoms with Crippen LogP contribution in [0.2, 0.25) is 0 Å². The van der Waals surface area contributed by atoms with E-state index in [0.29, 0.717) is 13.1 Å². The highest BCUT2D eigenvalue weighted by molar-refractivity contribution is 5.73. The quantitative estimate of drug-likeness (QED) is 0.835. The van der Waals surface area contributed by atoms with Crippen LogP contribution in [0.1, 0.15) is 32.8 Å². The average molecular weight is 332 g/mol. The normalized spacial score (nSPS) is 22.6. The zero-order valence-electron chi connectivity index (χ0n) is 14.4. The van der Waals surface area contributed by atoms with Gasteiger partial charge in [-0.1, -0.05) is 30.3 Å². The Bertz CT molecular complexity index is 611. The summed E-state index contributed by atoms with van der Waals surface area (Å²) in [5.41, 5.74) is 0.457. The third-order valence-corrected chi connectivity index (χ3v) is 4.17. The predicted molar refractivity (Wildman–Crippen MR) is 88.5 cm³/mol. The molecule has 1 saturated carbocycles. The van der Waals surface area contributed by atoms with E-state index < -0.39 is 5.60 Å². The summed E-state index contributed by atoms with van der Waals surface area (Å²) in [6.07, 6.45) is 0.183. The number of piperazine rings is 1. The first-order valence-electron chi connectivity index (χ1n) is 8.32. The number of amides is 2. The standard InChI is InChI=1S/C18H24N2O4/c1-18(2,3)24-17(22)20-10-9-19(14-11-15(14)20)16(21)23-12-13-7-5-4-6-8-13/h4-8,14-15H,9-12H2,1-3H3. The number of carbonyl (C=O) groups excluding carboxylic acids is 2. The highest BCUT2D eigenvalue weighted by Gasteiger charge is 2.53. The summed E-state index contributed by atoms with van der Waals surface area (Å²) < 4.78 is 10.8. The Labute approximate surface area is 142 Å². The molecule has 1 aromatic carbocycles. The summed E-state index contributed by atoms with van der Waals surface area (Å²) >= 11 is 0. The number of ether oxygens (including phenoxy) is 2. The topological polar surface area (TPSA) is 59.1 Å². The van der Waals surface area contributed by atoms with Gasteiger partial charge in [-0.2, -0.15) is 0 Å².